The van der Waals surface area contributed by atoms with Crippen molar-refractivity contribution in [2.45, 2.75) is 50.8 Å². The molecule has 0 spiro atoms. The SMILES string of the molecule is COCc1ccc(CNCC2(N(C)C)CCCCC2)cc1. The van der Waals surface area contributed by atoms with Gasteiger partial charge in [0, 0.05) is 25.7 Å². The molecule has 1 aromatic carbocycles. The van der Waals surface area contributed by atoms with E-state index in [4.69, 9.17) is 4.74 Å². The zero-order valence-electron chi connectivity index (χ0n) is 13.8. The van der Waals surface area contributed by atoms with Crippen molar-refractivity contribution in [3.63, 3.8) is 0 Å². The second-order valence-electron chi connectivity index (χ2n) is 6.53. The molecule has 0 amide bonds. The minimum absolute atomic E-state index is 0.355. The van der Waals surface area contributed by atoms with Crippen LogP contribution in [0.4, 0.5) is 0 Å². The summed E-state index contributed by atoms with van der Waals surface area (Å²) in [5.41, 5.74) is 2.94. The van der Waals surface area contributed by atoms with Gasteiger partial charge in [-0.3, -0.25) is 0 Å². The first kappa shape index (κ1) is 16.5. The van der Waals surface area contributed by atoms with Gasteiger partial charge in [0.25, 0.3) is 0 Å². The highest BCUT2D eigenvalue weighted by molar-refractivity contribution is 5.22. The Morgan fingerprint density at radius 2 is 1.67 bits per heavy atom. The maximum Gasteiger partial charge on any atom is 0.0713 e. The summed E-state index contributed by atoms with van der Waals surface area (Å²) >= 11 is 0. The summed E-state index contributed by atoms with van der Waals surface area (Å²) in [5, 5.41) is 3.67. The van der Waals surface area contributed by atoms with Crippen molar-refractivity contribution >= 4 is 0 Å². The lowest BCUT2D eigenvalue weighted by Gasteiger charge is -2.43. The minimum Gasteiger partial charge on any atom is -0.380 e. The van der Waals surface area contributed by atoms with Crippen molar-refractivity contribution in [1.82, 2.24) is 10.2 Å². The Hall–Kier alpha value is -0.900. The third kappa shape index (κ3) is 4.53. The zero-order chi connectivity index (χ0) is 15.1. The number of hydrogen-bond acceptors (Lipinski definition) is 3. The summed E-state index contributed by atoms with van der Waals surface area (Å²) in [7, 11) is 6.19. The Bertz CT molecular complexity index is 408. The number of ether oxygens (including phenoxy) is 1. The standard InChI is InChI=1S/C18H30N2O/c1-20(2)18(11-5-4-6-12-18)15-19-13-16-7-9-17(10-8-16)14-21-3/h7-10,19H,4-6,11-15H2,1-3H3. The fraction of sp³-hybridized carbons (Fsp3) is 0.667. The van der Waals surface area contributed by atoms with Crippen LogP contribution in [0.3, 0.4) is 0 Å². The summed E-state index contributed by atoms with van der Waals surface area (Å²) in [4.78, 5) is 2.43. The lowest BCUT2D eigenvalue weighted by molar-refractivity contribution is 0.0984. The maximum atomic E-state index is 5.15. The molecule has 2 rings (SSSR count). The molecule has 21 heavy (non-hydrogen) atoms. The largest absolute Gasteiger partial charge is 0.380 e. The van der Waals surface area contributed by atoms with Crippen LogP contribution in [0.2, 0.25) is 0 Å². The molecule has 0 unspecified atom stereocenters. The molecular weight excluding hydrogens is 260 g/mol. The van der Waals surface area contributed by atoms with Crippen LogP contribution >= 0.6 is 0 Å². The number of likely N-dealkylation sites (N-methyl/N-ethyl adjacent to an activating group) is 1. The monoisotopic (exact) mass is 290 g/mol. The molecule has 0 bridgehead atoms. The predicted molar refractivity (Wildman–Crippen MR) is 88.4 cm³/mol. The van der Waals surface area contributed by atoms with Crippen molar-refractivity contribution in [2.75, 3.05) is 27.7 Å². The molecule has 3 nitrogen and oxygen atoms in total. The Labute approximate surface area is 129 Å². The van der Waals surface area contributed by atoms with Gasteiger partial charge in [-0.25, -0.2) is 0 Å². The molecule has 1 aromatic rings. The van der Waals surface area contributed by atoms with Gasteiger partial charge in [-0.05, 0) is 38.1 Å². The third-order valence-electron chi connectivity index (χ3n) is 4.85. The predicted octanol–water partition coefficient (Wildman–Crippen LogP) is 3.19. The van der Waals surface area contributed by atoms with Gasteiger partial charge < -0.3 is 15.0 Å². The molecule has 0 heterocycles. The molecule has 1 fully saturated rings. The van der Waals surface area contributed by atoms with Gasteiger partial charge in [0.05, 0.1) is 6.61 Å². The molecule has 0 radical (unpaired) electrons. The van der Waals surface area contributed by atoms with E-state index in [-0.39, 0.29) is 0 Å². The summed E-state index contributed by atoms with van der Waals surface area (Å²) in [6, 6.07) is 8.71. The Morgan fingerprint density at radius 3 is 2.24 bits per heavy atom. The third-order valence-corrected chi connectivity index (χ3v) is 4.85. The van der Waals surface area contributed by atoms with E-state index in [2.05, 4.69) is 48.6 Å². The van der Waals surface area contributed by atoms with E-state index >= 15 is 0 Å². The molecule has 1 aliphatic carbocycles. The van der Waals surface area contributed by atoms with Crippen LogP contribution in [0.15, 0.2) is 24.3 Å². The van der Waals surface area contributed by atoms with E-state index in [9.17, 15) is 0 Å². The molecule has 1 N–H and O–H groups in total. The van der Waals surface area contributed by atoms with Crippen LogP contribution in [0.1, 0.15) is 43.2 Å². The van der Waals surface area contributed by atoms with Crippen LogP contribution in [0.25, 0.3) is 0 Å². The summed E-state index contributed by atoms with van der Waals surface area (Å²) in [5.74, 6) is 0. The van der Waals surface area contributed by atoms with Gasteiger partial charge in [-0.1, -0.05) is 43.5 Å². The molecule has 0 atom stereocenters. The number of nitrogens with zero attached hydrogens (tertiary/aromatic N) is 1. The average Bonchev–Trinajstić information content (AvgIpc) is 2.50. The number of rotatable bonds is 7. The van der Waals surface area contributed by atoms with Crippen molar-refractivity contribution in [3.05, 3.63) is 35.4 Å². The van der Waals surface area contributed by atoms with Crippen LogP contribution in [0, 0.1) is 0 Å². The van der Waals surface area contributed by atoms with Crippen molar-refractivity contribution in [2.24, 2.45) is 0 Å². The van der Waals surface area contributed by atoms with E-state index in [1.165, 1.54) is 43.2 Å². The fourth-order valence-corrected chi connectivity index (χ4v) is 3.35. The summed E-state index contributed by atoms with van der Waals surface area (Å²) in [6.07, 6.45) is 6.77. The topological polar surface area (TPSA) is 24.5 Å². The van der Waals surface area contributed by atoms with Gasteiger partial charge in [0.1, 0.15) is 0 Å². The molecule has 1 saturated carbocycles. The molecule has 0 aromatic heterocycles. The minimum atomic E-state index is 0.355. The molecule has 3 heteroatoms. The highest BCUT2D eigenvalue weighted by Gasteiger charge is 2.33. The molecule has 118 valence electrons. The first-order valence-electron chi connectivity index (χ1n) is 8.11. The highest BCUT2D eigenvalue weighted by Crippen LogP contribution is 2.31. The van der Waals surface area contributed by atoms with Crippen LogP contribution < -0.4 is 5.32 Å². The van der Waals surface area contributed by atoms with Crippen molar-refractivity contribution < 1.29 is 4.74 Å². The zero-order valence-corrected chi connectivity index (χ0v) is 13.8. The summed E-state index contributed by atoms with van der Waals surface area (Å²) in [6.45, 7) is 2.72. The number of hydrogen-bond donors (Lipinski definition) is 1. The van der Waals surface area contributed by atoms with E-state index < -0.39 is 0 Å². The molecule has 0 aliphatic heterocycles. The van der Waals surface area contributed by atoms with E-state index in [1.807, 2.05) is 0 Å². The first-order valence-corrected chi connectivity index (χ1v) is 8.11. The normalized spacial score (nSPS) is 18.1. The van der Waals surface area contributed by atoms with Gasteiger partial charge in [-0.2, -0.15) is 0 Å². The van der Waals surface area contributed by atoms with E-state index in [0.29, 0.717) is 12.1 Å². The Kier molecular flexibility index (Phi) is 6.22. The maximum absolute atomic E-state index is 5.15. The van der Waals surface area contributed by atoms with Crippen molar-refractivity contribution in [3.8, 4) is 0 Å². The van der Waals surface area contributed by atoms with Gasteiger partial charge in [0.15, 0.2) is 0 Å². The Balaban J connectivity index is 1.84. The first-order chi connectivity index (χ1) is 10.2. The number of nitrogens with one attached hydrogen (secondary N) is 1. The van der Waals surface area contributed by atoms with Crippen LogP contribution in [-0.4, -0.2) is 38.2 Å². The van der Waals surface area contributed by atoms with Crippen LogP contribution in [0.5, 0.6) is 0 Å². The molecule has 0 saturated heterocycles. The summed E-state index contributed by atoms with van der Waals surface area (Å²) < 4.78 is 5.15. The fourth-order valence-electron chi connectivity index (χ4n) is 3.35. The van der Waals surface area contributed by atoms with Crippen molar-refractivity contribution in [1.29, 1.82) is 0 Å². The molecular formula is C18H30N2O. The molecule has 1 aliphatic rings. The quantitative estimate of drug-likeness (QED) is 0.834. The Morgan fingerprint density at radius 1 is 1.05 bits per heavy atom. The number of methoxy groups -OCH3 is 1. The van der Waals surface area contributed by atoms with Gasteiger partial charge in [0.2, 0.25) is 0 Å². The second-order valence-corrected chi connectivity index (χ2v) is 6.53. The highest BCUT2D eigenvalue weighted by atomic mass is 16.5. The lowest BCUT2D eigenvalue weighted by Crippen LogP contribution is -2.52. The second kappa shape index (κ2) is 7.92. The van der Waals surface area contributed by atoms with E-state index in [0.717, 1.165) is 13.1 Å². The average molecular weight is 290 g/mol. The van der Waals surface area contributed by atoms with Crippen LogP contribution in [-0.2, 0) is 17.9 Å². The number of benzene rings is 1. The smallest absolute Gasteiger partial charge is 0.0713 e. The van der Waals surface area contributed by atoms with E-state index in [1.54, 1.807) is 7.11 Å². The lowest BCUT2D eigenvalue weighted by atomic mass is 9.80. The van der Waals surface area contributed by atoms with Gasteiger partial charge >= 0.3 is 0 Å². The van der Waals surface area contributed by atoms with Gasteiger partial charge in [-0.15, -0.1) is 0 Å².